The Morgan fingerprint density at radius 2 is 1.29 bits per heavy atom. The van der Waals surface area contributed by atoms with Gasteiger partial charge in [0.25, 0.3) is 0 Å². The molecule has 0 fully saturated rings. The zero-order valence-electron chi connectivity index (χ0n) is 27.7. The summed E-state index contributed by atoms with van der Waals surface area (Å²) in [6.07, 6.45) is 5.81. The van der Waals surface area contributed by atoms with E-state index < -0.39 is 0 Å². The van der Waals surface area contributed by atoms with E-state index in [4.69, 9.17) is 38.1 Å². The molecule has 0 saturated carbocycles. The molecule has 48 heavy (non-hydrogen) atoms. The second-order valence-electron chi connectivity index (χ2n) is 10.6. The second-order valence-corrected chi connectivity index (χ2v) is 11.7. The lowest BCUT2D eigenvalue weighted by Gasteiger charge is -2.13. The fourth-order valence-electron chi connectivity index (χ4n) is 5.06. The number of fused-ring (bicyclic) bond motifs is 1. The van der Waals surface area contributed by atoms with Gasteiger partial charge < -0.3 is 33.2 Å². The van der Waals surface area contributed by atoms with Crippen molar-refractivity contribution in [2.45, 2.75) is 19.3 Å². The molecule has 0 aliphatic heterocycles. The number of benzene rings is 4. The highest BCUT2D eigenvalue weighted by Gasteiger charge is 2.16. The third-order valence-corrected chi connectivity index (χ3v) is 8.66. The Bertz CT molecular complexity index is 1820. The van der Waals surface area contributed by atoms with Crippen molar-refractivity contribution in [1.29, 1.82) is 0 Å². The van der Waals surface area contributed by atoms with Gasteiger partial charge in [0.1, 0.15) is 5.01 Å². The molecule has 0 N–H and O–H groups in total. The van der Waals surface area contributed by atoms with E-state index in [1.54, 1.807) is 43.8 Å². The first kappa shape index (κ1) is 34.1. The molecule has 0 radical (unpaired) electrons. The number of methoxy groups -OCH3 is 5. The first-order valence-corrected chi connectivity index (χ1v) is 16.3. The lowest BCUT2D eigenvalue weighted by Crippen LogP contribution is -2.03. The van der Waals surface area contributed by atoms with Gasteiger partial charge in [-0.05, 0) is 85.5 Å². The molecule has 1 heterocycles. The molecule has 4 aromatic carbocycles. The third kappa shape index (κ3) is 8.19. The molecule has 0 aliphatic rings. The number of thiazole rings is 1. The molecular weight excluding hydrogens is 630 g/mol. The van der Waals surface area contributed by atoms with E-state index in [0.717, 1.165) is 45.6 Å². The van der Waals surface area contributed by atoms with Crippen LogP contribution in [0.4, 0.5) is 0 Å². The van der Waals surface area contributed by atoms with Gasteiger partial charge in [0, 0.05) is 11.1 Å². The van der Waals surface area contributed by atoms with E-state index in [0.29, 0.717) is 59.0 Å². The van der Waals surface area contributed by atoms with Crippen LogP contribution in [0.5, 0.6) is 40.2 Å². The van der Waals surface area contributed by atoms with Crippen LogP contribution in [-0.4, -0.2) is 59.5 Å². The number of rotatable bonds is 17. The van der Waals surface area contributed by atoms with Crippen molar-refractivity contribution in [2.24, 2.45) is 0 Å². The number of carbonyl (C=O) groups excluding carboxylic acids is 1. The SMILES string of the molecule is COc1ccc(/C=C/C(=O)c2cc(OC)c(OC)c(OC)c2)cc1OCCCCCOc1cc(-c2nc3ccccc3s2)ccc1OC. The van der Waals surface area contributed by atoms with Crippen molar-refractivity contribution in [2.75, 3.05) is 48.8 Å². The van der Waals surface area contributed by atoms with E-state index in [-0.39, 0.29) is 5.78 Å². The van der Waals surface area contributed by atoms with E-state index in [1.165, 1.54) is 27.4 Å². The average Bonchev–Trinajstić information content (AvgIpc) is 3.57. The highest BCUT2D eigenvalue weighted by molar-refractivity contribution is 7.21. The summed E-state index contributed by atoms with van der Waals surface area (Å²) in [6.45, 7) is 1.05. The van der Waals surface area contributed by atoms with Gasteiger partial charge in [0.15, 0.2) is 40.3 Å². The third-order valence-electron chi connectivity index (χ3n) is 7.57. The summed E-state index contributed by atoms with van der Waals surface area (Å²) in [6, 6.07) is 22.8. The first-order valence-electron chi connectivity index (χ1n) is 15.5. The van der Waals surface area contributed by atoms with Gasteiger partial charge in [-0.1, -0.05) is 24.3 Å². The number of aromatic nitrogens is 1. The topological polar surface area (TPSA) is 94.6 Å². The molecule has 1 aromatic heterocycles. The Kier molecular flexibility index (Phi) is 11.8. The summed E-state index contributed by atoms with van der Waals surface area (Å²) in [5.74, 6) is 3.65. The van der Waals surface area contributed by atoms with Gasteiger partial charge in [0.2, 0.25) is 5.75 Å². The van der Waals surface area contributed by atoms with Crippen LogP contribution in [-0.2, 0) is 0 Å². The van der Waals surface area contributed by atoms with Gasteiger partial charge in [0.05, 0.1) is 59.0 Å². The Hall–Kier alpha value is -5.22. The minimum absolute atomic E-state index is 0.212. The van der Waals surface area contributed by atoms with Crippen LogP contribution >= 0.6 is 11.3 Å². The normalized spacial score (nSPS) is 11.0. The number of nitrogens with zero attached hydrogens (tertiary/aromatic N) is 1. The summed E-state index contributed by atoms with van der Waals surface area (Å²) in [4.78, 5) is 17.8. The number of ketones is 1. The zero-order valence-corrected chi connectivity index (χ0v) is 28.6. The number of ether oxygens (including phenoxy) is 7. The number of carbonyl (C=O) groups is 1. The summed E-state index contributed by atoms with van der Waals surface area (Å²) >= 11 is 1.66. The number of allylic oxidation sites excluding steroid dienone is 1. The first-order chi connectivity index (χ1) is 23.5. The molecule has 250 valence electrons. The van der Waals surface area contributed by atoms with E-state index >= 15 is 0 Å². The fraction of sp³-hybridized carbons (Fsp3) is 0.263. The summed E-state index contributed by atoms with van der Waals surface area (Å²) in [5.41, 5.74) is 3.19. The monoisotopic (exact) mass is 669 g/mol. The number of hydrogen-bond acceptors (Lipinski definition) is 10. The smallest absolute Gasteiger partial charge is 0.203 e. The molecule has 0 unspecified atom stereocenters. The van der Waals surface area contributed by atoms with Crippen LogP contribution in [0.3, 0.4) is 0 Å². The largest absolute Gasteiger partial charge is 0.493 e. The van der Waals surface area contributed by atoms with Gasteiger partial charge >= 0.3 is 0 Å². The molecule has 0 amide bonds. The molecule has 0 bridgehead atoms. The molecule has 0 atom stereocenters. The molecule has 9 nitrogen and oxygen atoms in total. The molecule has 0 aliphatic carbocycles. The standard InChI is InChI=1S/C38H39NO8S/c1-41-30-17-14-25(13-16-29(40)27-23-34(43-3)37(45-5)35(24-27)44-4)21-32(30)46-19-9-6-10-20-47-33-22-26(15-18-31(33)42-2)38-39-28-11-7-8-12-36(28)48-38/h7-8,11-18,21-24H,6,9-10,19-20H2,1-5H3/b16-13+. The zero-order chi connectivity index (χ0) is 33.9. The number of unbranched alkanes of at least 4 members (excludes halogenated alkanes) is 2. The summed E-state index contributed by atoms with van der Waals surface area (Å²) in [7, 11) is 7.78. The molecule has 10 heteroatoms. The maximum absolute atomic E-state index is 13.0. The second kappa shape index (κ2) is 16.6. The lowest BCUT2D eigenvalue weighted by atomic mass is 10.1. The minimum atomic E-state index is -0.212. The predicted molar refractivity (Wildman–Crippen MR) is 189 cm³/mol. The van der Waals surface area contributed by atoms with Gasteiger partial charge in [-0.15, -0.1) is 11.3 Å². The van der Waals surface area contributed by atoms with Crippen molar-refractivity contribution in [1.82, 2.24) is 4.98 Å². The maximum atomic E-state index is 13.0. The van der Waals surface area contributed by atoms with Crippen LogP contribution in [0, 0.1) is 0 Å². The predicted octanol–water partition coefficient (Wildman–Crippen LogP) is 8.53. The Morgan fingerprint density at radius 3 is 1.92 bits per heavy atom. The highest BCUT2D eigenvalue weighted by Crippen LogP contribution is 2.39. The average molecular weight is 670 g/mol. The Balaban J connectivity index is 1.13. The van der Waals surface area contributed by atoms with Crippen LogP contribution in [0.15, 0.2) is 78.9 Å². The van der Waals surface area contributed by atoms with Crippen LogP contribution < -0.4 is 33.2 Å². The fourth-order valence-corrected chi connectivity index (χ4v) is 6.03. The quantitative estimate of drug-likeness (QED) is 0.0549. The van der Waals surface area contributed by atoms with Crippen molar-refractivity contribution in [3.63, 3.8) is 0 Å². The summed E-state index contributed by atoms with van der Waals surface area (Å²) in [5, 5.41) is 0.945. The molecule has 5 rings (SSSR count). The maximum Gasteiger partial charge on any atom is 0.203 e. The van der Waals surface area contributed by atoms with Gasteiger partial charge in [-0.2, -0.15) is 0 Å². The minimum Gasteiger partial charge on any atom is -0.493 e. The van der Waals surface area contributed by atoms with Crippen LogP contribution in [0.2, 0.25) is 0 Å². The van der Waals surface area contributed by atoms with Gasteiger partial charge in [-0.3, -0.25) is 4.79 Å². The lowest BCUT2D eigenvalue weighted by molar-refractivity contribution is 0.104. The number of hydrogen-bond donors (Lipinski definition) is 0. The number of para-hydroxylation sites is 1. The van der Waals surface area contributed by atoms with E-state index in [9.17, 15) is 4.79 Å². The van der Waals surface area contributed by atoms with Crippen molar-refractivity contribution in [3.05, 3.63) is 90.0 Å². The summed E-state index contributed by atoms with van der Waals surface area (Å²) < 4.78 is 40.5. The molecule has 5 aromatic rings. The van der Waals surface area contributed by atoms with Crippen LogP contribution in [0.25, 0.3) is 26.9 Å². The molecule has 0 spiro atoms. The van der Waals surface area contributed by atoms with E-state index in [1.807, 2.05) is 54.6 Å². The Labute approximate surface area is 284 Å². The molecular formula is C38H39NO8S. The van der Waals surface area contributed by atoms with Crippen molar-refractivity contribution in [3.8, 4) is 50.8 Å². The van der Waals surface area contributed by atoms with Gasteiger partial charge in [-0.25, -0.2) is 4.98 Å². The highest BCUT2D eigenvalue weighted by atomic mass is 32.1. The van der Waals surface area contributed by atoms with E-state index in [2.05, 4.69) is 6.07 Å². The molecule has 0 saturated heterocycles. The van der Waals surface area contributed by atoms with Crippen LogP contribution in [0.1, 0.15) is 35.2 Å². The Morgan fingerprint density at radius 1 is 0.667 bits per heavy atom. The van der Waals surface area contributed by atoms with Crippen molar-refractivity contribution < 1.29 is 38.0 Å². The van der Waals surface area contributed by atoms with Crippen molar-refractivity contribution >= 4 is 33.4 Å².